The standard InChI is InChI=1S/C18H21ClN4/c1-22-16-8-7-14(19)9-15(16)18(13-5-6-13,10-12-3-4-12)23(2)17(22)21-11-20/h7-9,12-13H,3-6,10H2,1-2H3. The minimum absolute atomic E-state index is 0.0659. The molecule has 1 aromatic carbocycles. The Hall–Kier alpha value is -1.73. The maximum Gasteiger partial charge on any atom is 0.217 e. The van der Waals surface area contributed by atoms with Gasteiger partial charge in [-0.2, -0.15) is 5.26 Å². The van der Waals surface area contributed by atoms with Crippen LogP contribution in [-0.4, -0.2) is 25.0 Å². The number of nitriles is 1. The van der Waals surface area contributed by atoms with E-state index in [4.69, 9.17) is 16.9 Å². The van der Waals surface area contributed by atoms with Gasteiger partial charge in [-0.05, 0) is 49.3 Å². The number of anilines is 1. The van der Waals surface area contributed by atoms with Gasteiger partial charge in [-0.15, -0.1) is 4.99 Å². The van der Waals surface area contributed by atoms with E-state index in [-0.39, 0.29) is 5.54 Å². The molecule has 1 atom stereocenters. The van der Waals surface area contributed by atoms with E-state index >= 15 is 0 Å². The Morgan fingerprint density at radius 1 is 1.30 bits per heavy atom. The lowest BCUT2D eigenvalue weighted by molar-refractivity contribution is 0.140. The topological polar surface area (TPSA) is 42.6 Å². The first-order chi connectivity index (χ1) is 11.1. The van der Waals surface area contributed by atoms with Crippen LogP contribution in [0, 0.1) is 23.3 Å². The summed E-state index contributed by atoms with van der Waals surface area (Å²) >= 11 is 6.35. The Labute approximate surface area is 142 Å². The highest BCUT2D eigenvalue weighted by molar-refractivity contribution is 6.30. The first kappa shape index (κ1) is 14.8. The van der Waals surface area contributed by atoms with Crippen molar-refractivity contribution in [3.63, 3.8) is 0 Å². The third-order valence-corrected chi connectivity index (χ3v) is 5.92. The number of hydrogen-bond donors (Lipinski definition) is 0. The molecule has 0 aromatic heterocycles. The molecule has 0 radical (unpaired) electrons. The van der Waals surface area contributed by atoms with Crippen molar-refractivity contribution in [1.29, 1.82) is 5.26 Å². The van der Waals surface area contributed by atoms with Crippen LogP contribution in [0.4, 0.5) is 5.69 Å². The lowest BCUT2D eigenvalue weighted by Crippen LogP contribution is -2.58. The number of hydrogen-bond acceptors (Lipinski definition) is 2. The number of nitrogens with zero attached hydrogens (tertiary/aromatic N) is 4. The van der Waals surface area contributed by atoms with Crippen LogP contribution in [0.15, 0.2) is 23.2 Å². The van der Waals surface area contributed by atoms with E-state index in [0.29, 0.717) is 5.92 Å². The average Bonchev–Trinajstić information content (AvgIpc) is 3.41. The molecule has 1 unspecified atom stereocenters. The van der Waals surface area contributed by atoms with Gasteiger partial charge in [-0.1, -0.05) is 24.4 Å². The van der Waals surface area contributed by atoms with Crippen LogP contribution in [0.2, 0.25) is 5.02 Å². The highest BCUT2D eigenvalue weighted by atomic mass is 35.5. The van der Waals surface area contributed by atoms with Gasteiger partial charge in [-0.3, -0.25) is 0 Å². The van der Waals surface area contributed by atoms with Gasteiger partial charge in [0.05, 0.1) is 5.54 Å². The van der Waals surface area contributed by atoms with Crippen molar-refractivity contribution < 1.29 is 0 Å². The fourth-order valence-corrected chi connectivity index (χ4v) is 4.44. The molecule has 1 heterocycles. The number of aliphatic imine (C=N–C) groups is 1. The maximum atomic E-state index is 9.15. The van der Waals surface area contributed by atoms with E-state index in [1.54, 1.807) is 0 Å². The van der Waals surface area contributed by atoms with Gasteiger partial charge in [0.2, 0.25) is 12.2 Å². The molecule has 4 rings (SSSR count). The molecule has 4 nitrogen and oxygen atoms in total. The van der Waals surface area contributed by atoms with E-state index in [2.05, 4.69) is 29.1 Å². The fourth-order valence-electron chi connectivity index (χ4n) is 4.26. The first-order valence-corrected chi connectivity index (χ1v) is 8.70. The normalized spacial score (nSPS) is 28.7. The summed E-state index contributed by atoms with van der Waals surface area (Å²) < 4.78 is 0. The molecule has 1 aromatic rings. The summed E-state index contributed by atoms with van der Waals surface area (Å²) in [4.78, 5) is 8.41. The molecule has 0 N–H and O–H groups in total. The van der Waals surface area contributed by atoms with Gasteiger partial charge in [0.15, 0.2) is 0 Å². The smallest absolute Gasteiger partial charge is 0.217 e. The molecular weight excluding hydrogens is 308 g/mol. The molecule has 0 amide bonds. The second kappa shape index (κ2) is 5.14. The van der Waals surface area contributed by atoms with Gasteiger partial charge < -0.3 is 9.80 Å². The van der Waals surface area contributed by atoms with Gasteiger partial charge in [-0.25, -0.2) is 0 Å². The van der Waals surface area contributed by atoms with Crippen molar-refractivity contribution in [3.8, 4) is 6.19 Å². The fraction of sp³-hybridized carbons (Fsp3) is 0.556. The Kier molecular flexibility index (Phi) is 3.32. The average molecular weight is 329 g/mol. The molecule has 120 valence electrons. The molecule has 2 aliphatic carbocycles. The van der Waals surface area contributed by atoms with E-state index < -0.39 is 0 Å². The molecule has 5 heteroatoms. The SMILES string of the molecule is CN1C(=NC#N)N(C)C(CC2CC2)(C2CC2)c2cc(Cl)ccc21. The Morgan fingerprint density at radius 3 is 2.65 bits per heavy atom. The lowest BCUT2D eigenvalue weighted by atomic mass is 9.76. The Morgan fingerprint density at radius 2 is 2.04 bits per heavy atom. The largest absolute Gasteiger partial charge is 0.335 e. The van der Waals surface area contributed by atoms with Crippen LogP contribution in [0.1, 0.15) is 37.7 Å². The van der Waals surface area contributed by atoms with E-state index in [9.17, 15) is 0 Å². The second-order valence-corrected chi connectivity index (χ2v) is 7.57. The first-order valence-electron chi connectivity index (χ1n) is 8.32. The summed E-state index contributed by atoms with van der Waals surface area (Å²) in [5.41, 5.74) is 2.37. The number of benzene rings is 1. The highest BCUT2D eigenvalue weighted by Gasteiger charge is 2.56. The summed E-state index contributed by atoms with van der Waals surface area (Å²) in [5, 5.41) is 9.94. The van der Waals surface area contributed by atoms with Gasteiger partial charge in [0.25, 0.3) is 0 Å². The van der Waals surface area contributed by atoms with Crippen molar-refractivity contribution in [2.45, 2.75) is 37.6 Å². The van der Waals surface area contributed by atoms with E-state index in [1.807, 2.05) is 24.2 Å². The van der Waals surface area contributed by atoms with Crippen LogP contribution < -0.4 is 4.90 Å². The number of guanidine groups is 1. The molecule has 23 heavy (non-hydrogen) atoms. The van der Waals surface area contributed by atoms with Crippen LogP contribution in [0.25, 0.3) is 0 Å². The molecular formula is C18H21ClN4. The minimum Gasteiger partial charge on any atom is -0.335 e. The van der Waals surface area contributed by atoms with Crippen LogP contribution >= 0.6 is 11.6 Å². The van der Waals surface area contributed by atoms with Crippen LogP contribution in [0.5, 0.6) is 0 Å². The monoisotopic (exact) mass is 328 g/mol. The summed E-state index contributed by atoms with van der Waals surface area (Å²) in [6, 6.07) is 6.14. The molecule has 0 spiro atoms. The van der Waals surface area contributed by atoms with Gasteiger partial charge in [0.1, 0.15) is 0 Å². The minimum atomic E-state index is -0.0659. The van der Waals surface area contributed by atoms with Crippen LogP contribution in [0.3, 0.4) is 0 Å². The predicted molar refractivity (Wildman–Crippen MR) is 92.4 cm³/mol. The number of fused-ring (bicyclic) bond motifs is 1. The van der Waals surface area contributed by atoms with Crippen molar-refractivity contribution in [1.82, 2.24) is 4.90 Å². The second-order valence-electron chi connectivity index (χ2n) is 7.14. The summed E-state index contributed by atoms with van der Waals surface area (Å²) in [7, 11) is 4.07. The quantitative estimate of drug-likeness (QED) is 0.789. The summed E-state index contributed by atoms with van der Waals surface area (Å²) in [6.07, 6.45) is 8.25. The van der Waals surface area contributed by atoms with E-state index in [0.717, 1.165) is 29.0 Å². The Balaban J connectivity index is 1.94. The van der Waals surface area contributed by atoms with Crippen molar-refractivity contribution >= 4 is 23.2 Å². The molecule has 1 aliphatic heterocycles. The van der Waals surface area contributed by atoms with Crippen LogP contribution in [-0.2, 0) is 5.54 Å². The summed E-state index contributed by atoms with van der Waals surface area (Å²) in [6.45, 7) is 0. The molecule has 2 saturated carbocycles. The maximum absolute atomic E-state index is 9.15. The Bertz CT molecular complexity index is 714. The number of rotatable bonds is 3. The molecule has 0 bridgehead atoms. The predicted octanol–water partition coefficient (Wildman–Crippen LogP) is 3.96. The van der Waals surface area contributed by atoms with E-state index in [1.165, 1.54) is 31.2 Å². The molecule has 3 aliphatic rings. The van der Waals surface area contributed by atoms with Crippen molar-refractivity contribution in [3.05, 3.63) is 28.8 Å². The summed E-state index contributed by atoms with van der Waals surface area (Å²) in [5.74, 6) is 2.16. The van der Waals surface area contributed by atoms with Crippen molar-refractivity contribution in [2.75, 3.05) is 19.0 Å². The zero-order valence-electron chi connectivity index (χ0n) is 13.6. The lowest BCUT2D eigenvalue weighted by Gasteiger charge is -2.51. The third kappa shape index (κ3) is 2.21. The van der Waals surface area contributed by atoms with Gasteiger partial charge >= 0.3 is 0 Å². The zero-order valence-corrected chi connectivity index (χ0v) is 14.3. The van der Waals surface area contributed by atoms with Crippen molar-refractivity contribution in [2.24, 2.45) is 16.8 Å². The third-order valence-electron chi connectivity index (χ3n) is 5.68. The number of halogens is 1. The molecule has 2 fully saturated rings. The zero-order chi connectivity index (χ0) is 16.2. The van der Waals surface area contributed by atoms with Gasteiger partial charge in [0, 0.05) is 30.4 Å². The molecule has 0 saturated heterocycles. The highest BCUT2D eigenvalue weighted by Crippen LogP contribution is 2.59.